The summed E-state index contributed by atoms with van der Waals surface area (Å²) in [6.07, 6.45) is 10.1. The zero-order valence-electron chi connectivity index (χ0n) is 11.4. The molecule has 5 nitrogen and oxygen atoms in total. The summed E-state index contributed by atoms with van der Waals surface area (Å²) in [7, 11) is 0. The molecule has 0 unspecified atom stereocenters. The number of pyridine rings is 1. The maximum atomic E-state index is 11.1. The fourth-order valence-electron chi connectivity index (χ4n) is 2.60. The van der Waals surface area contributed by atoms with Gasteiger partial charge in [-0.2, -0.15) is 0 Å². The Kier molecular flexibility index (Phi) is 4.71. The van der Waals surface area contributed by atoms with E-state index in [2.05, 4.69) is 10.3 Å². The molecule has 0 bridgehead atoms. The fourth-order valence-corrected chi connectivity index (χ4v) is 2.60. The third-order valence-corrected chi connectivity index (χ3v) is 3.65. The molecule has 0 spiro atoms. The van der Waals surface area contributed by atoms with Gasteiger partial charge in [0.05, 0.1) is 4.92 Å². The van der Waals surface area contributed by atoms with Crippen molar-refractivity contribution >= 4 is 11.5 Å². The van der Waals surface area contributed by atoms with Gasteiger partial charge in [-0.15, -0.1) is 0 Å². The van der Waals surface area contributed by atoms with E-state index in [-0.39, 0.29) is 10.6 Å². The van der Waals surface area contributed by atoms with E-state index >= 15 is 0 Å². The Balaban J connectivity index is 2.10. The molecule has 0 amide bonds. The van der Waals surface area contributed by atoms with Crippen molar-refractivity contribution in [1.29, 1.82) is 0 Å². The van der Waals surface area contributed by atoms with Gasteiger partial charge in [0, 0.05) is 18.3 Å². The number of nitrogens with zero attached hydrogens (tertiary/aromatic N) is 2. The molecule has 0 aliphatic heterocycles. The number of hydrogen-bond acceptors (Lipinski definition) is 4. The summed E-state index contributed by atoms with van der Waals surface area (Å²) in [6.45, 7) is 1.82. The maximum Gasteiger partial charge on any atom is 0.311 e. The van der Waals surface area contributed by atoms with Crippen molar-refractivity contribution in [3.8, 4) is 0 Å². The normalized spacial score (nSPS) is 17.5. The van der Waals surface area contributed by atoms with E-state index in [0.29, 0.717) is 11.9 Å². The van der Waals surface area contributed by atoms with Crippen LogP contribution in [-0.4, -0.2) is 15.9 Å². The summed E-state index contributed by atoms with van der Waals surface area (Å²) in [5.74, 6) is 0.418. The molecule has 1 saturated carbocycles. The van der Waals surface area contributed by atoms with Gasteiger partial charge < -0.3 is 5.32 Å². The monoisotopic (exact) mass is 263 g/mol. The van der Waals surface area contributed by atoms with Crippen molar-refractivity contribution in [1.82, 2.24) is 4.98 Å². The van der Waals surface area contributed by atoms with Gasteiger partial charge >= 0.3 is 5.69 Å². The average Bonchev–Trinajstić information content (AvgIpc) is 2.34. The molecule has 19 heavy (non-hydrogen) atoms. The number of aromatic nitrogens is 1. The predicted octanol–water partition coefficient (Wildman–Crippen LogP) is 3.82. The van der Waals surface area contributed by atoms with E-state index < -0.39 is 0 Å². The lowest BCUT2D eigenvalue weighted by Crippen LogP contribution is -2.21. The van der Waals surface area contributed by atoms with Gasteiger partial charge in [0.25, 0.3) is 0 Å². The van der Waals surface area contributed by atoms with Crippen LogP contribution in [0.5, 0.6) is 0 Å². The zero-order chi connectivity index (χ0) is 13.7. The lowest BCUT2D eigenvalue weighted by molar-refractivity contribution is -0.384. The van der Waals surface area contributed by atoms with Crippen LogP contribution in [0.3, 0.4) is 0 Å². The van der Waals surface area contributed by atoms with Crippen molar-refractivity contribution < 1.29 is 4.92 Å². The van der Waals surface area contributed by atoms with E-state index in [0.717, 1.165) is 18.4 Å². The van der Waals surface area contributed by atoms with Crippen molar-refractivity contribution in [3.63, 3.8) is 0 Å². The van der Waals surface area contributed by atoms with Crippen LogP contribution in [-0.2, 0) is 0 Å². The largest absolute Gasteiger partial charge is 0.362 e. The highest BCUT2D eigenvalue weighted by Gasteiger charge is 2.19. The van der Waals surface area contributed by atoms with Crippen molar-refractivity contribution in [2.24, 2.45) is 0 Å². The minimum atomic E-state index is -0.356. The molecule has 1 fully saturated rings. The number of nitro groups is 1. The molecule has 0 atom stereocenters. The second-order valence-electron chi connectivity index (χ2n) is 5.32. The van der Waals surface area contributed by atoms with Crippen LogP contribution in [0, 0.1) is 17.0 Å². The first kappa shape index (κ1) is 13.8. The second kappa shape index (κ2) is 6.50. The average molecular weight is 263 g/mol. The van der Waals surface area contributed by atoms with Crippen LogP contribution in [0.4, 0.5) is 11.5 Å². The lowest BCUT2D eigenvalue weighted by atomic mass is 9.97. The first-order valence-electron chi connectivity index (χ1n) is 7.04. The van der Waals surface area contributed by atoms with E-state index in [1.807, 2.05) is 6.92 Å². The molecule has 0 radical (unpaired) electrons. The van der Waals surface area contributed by atoms with E-state index in [1.165, 1.54) is 32.1 Å². The highest BCUT2D eigenvalue weighted by molar-refractivity contribution is 5.57. The minimum Gasteiger partial charge on any atom is -0.362 e. The van der Waals surface area contributed by atoms with Gasteiger partial charge in [-0.3, -0.25) is 10.1 Å². The van der Waals surface area contributed by atoms with Gasteiger partial charge in [0.15, 0.2) is 0 Å². The van der Waals surface area contributed by atoms with E-state index in [9.17, 15) is 10.1 Å². The summed E-state index contributed by atoms with van der Waals surface area (Å²) in [6, 6.07) is 1.90. The molecule has 0 aromatic carbocycles. The number of hydrogen-bond donors (Lipinski definition) is 1. The van der Waals surface area contributed by atoms with Crippen LogP contribution >= 0.6 is 0 Å². The summed E-state index contributed by atoms with van der Waals surface area (Å²) < 4.78 is 0. The molecule has 1 aliphatic carbocycles. The highest BCUT2D eigenvalue weighted by Crippen LogP contribution is 2.26. The molecule has 2 rings (SSSR count). The van der Waals surface area contributed by atoms with Gasteiger partial charge in [-0.05, 0) is 25.3 Å². The second-order valence-corrected chi connectivity index (χ2v) is 5.32. The van der Waals surface area contributed by atoms with Crippen molar-refractivity contribution in [2.75, 3.05) is 5.32 Å². The Morgan fingerprint density at radius 1 is 1.26 bits per heavy atom. The topological polar surface area (TPSA) is 68.1 Å². The number of aryl methyl sites for hydroxylation is 1. The number of rotatable bonds is 3. The molecular weight excluding hydrogens is 242 g/mol. The minimum absolute atomic E-state index is 0.0852. The summed E-state index contributed by atoms with van der Waals surface area (Å²) in [5.41, 5.74) is 0.900. The molecule has 1 heterocycles. The molecule has 1 aliphatic rings. The molecule has 104 valence electrons. The Bertz CT molecular complexity index is 440. The molecule has 1 aromatic rings. The first-order chi connectivity index (χ1) is 9.16. The summed E-state index contributed by atoms with van der Waals surface area (Å²) in [4.78, 5) is 14.9. The molecule has 5 heteroatoms. The van der Waals surface area contributed by atoms with Gasteiger partial charge in [0.2, 0.25) is 5.82 Å². The van der Waals surface area contributed by atoms with Gasteiger partial charge in [-0.25, -0.2) is 4.98 Å². The lowest BCUT2D eigenvalue weighted by Gasteiger charge is -2.21. The smallest absolute Gasteiger partial charge is 0.311 e. The van der Waals surface area contributed by atoms with Crippen LogP contribution in [0.25, 0.3) is 0 Å². The van der Waals surface area contributed by atoms with E-state index in [4.69, 9.17) is 0 Å². The fraction of sp³-hybridized carbons (Fsp3) is 0.643. The standard InChI is InChI=1S/C14H21N3O2/c1-11-9-13(17(18)19)14(15-10-11)16-12-7-5-3-2-4-6-8-12/h9-10,12H,2-8H2,1H3,(H,15,16). The van der Waals surface area contributed by atoms with Crippen LogP contribution < -0.4 is 5.32 Å². The van der Waals surface area contributed by atoms with Crippen molar-refractivity contribution in [2.45, 2.75) is 57.9 Å². The van der Waals surface area contributed by atoms with Crippen LogP contribution in [0.2, 0.25) is 0 Å². The maximum absolute atomic E-state index is 11.1. The van der Waals surface area contributed by atoms with Gasteiger partial charge in [-0.1, -0.05) is 32.1 Å². The molecule has 0 saturated heterocycles. The quantitative estimate of drug-likeness (QED) is 0.665. The Labute approximate surface area is 113 Å². The number of anilines is 1. The summed E-state index contributed by atoms with van der Waals surface area (Å²) in [5, 5.41) is 14.3. The van der Waals surface area contributed by atoms with Crippen LogP contribution in [0.1, 0.15) is 50.5 Å². The Morgan fingerprint density at radius 3 is 2.53 bits per heavy atom. The van der Waals surface area contributed by atoms with Crippen molar-refractivity contribution in [3.05, 3.63) is 27.9 Å². The summed E-state index contributed by atoms with van der Waals surface area (Å²) >= 11 is 0. The van der Waals surface area contributed by atoms with E-state index in [1.54, 1.807) is 12.3 Å². The highest BCUT2D eigenvalue weighted by atomic mass is 16.6. The zero-order valence-corrected chi connectivity index (χ0v) is 11.4. The Morgan fingerprint density at radius 2 is 1.89 bits per heavy atom. The molecular formula is C14H21N3O2. The first-order valence-corrected chi connectivity index (χ1v) is 7.04. The third kappa shape index (κ3) is 3.91. The predicted molar refractivity (Wildman–Crippen MR) is 75.4 cm³/mol. The third-order valence-electron chi connectivity index (χ3n) is 3.65. The van der Waals surface area contributed by atoms with Gasteiger partial charge in [0.1, 0.15) is 0 Å². The van der Waals surface area contributed by atoms with Crippen LogP contribution in [0.15, 0.2) is 12.3 Å². The molecule has 1 N–H and O–H groups in total. The SMILES string of the molecule is Cc1cnc(NC2CCCCCCC2)c([N+](=O)[O-])c1. The molecule has 1 aromatic heterocycles. The Hall–Kier alpha value is -1.65. The number of nitrogens with one attached hydrogen (secondary N) is 1.